The highest BCUT2D eigenvalue weighted by molar-refractivity contribution is 14.0. The average Bonchev–Trinajstić information content (AvgIpc) is 2.98. The topological polar surface area (TPSA) is 85.8 Å². The number of nitrogens with one attached hydrogen (secondary N) is 3. The number of carbonyl (C=O) groups excluding carboxylic acids is 2. The Balaban J connectivity index is 0.00000576. The van der Waals surface area contributed by atoms with Crippen LogP contribution >= 0.6 is 24.0 Å². The van der Waals surface area contributed by atoms with Crippen LogP contribution in [0.5, 0.6) is 0 Å². The molecule has 7 nitrogen and oxygen atoms in total. The highest BCUT2D eigenvalue weighted by Gasteiger charge is 2.27. The molecule has 1 rings (SSSR count). The molecular formula is C17H34IN5O2. The number of nitrogens with zero attached hydrogens (tertiary/aromatic N) is 2. The number of guanidine groups is 1. The Morgan fingerprint density at radius 3 is 2.40 bits per heavy atom. The zero-order chi connectivity index (χ0) is 18.1. The van der Waals surface area contributed by atoms with Crippen molar-refractivity contribution >= 4 is 41.8 Å². The maximum Gasteiger partial charge on any atom is 0.225 e. The van der Waals surface area contributed by atoms with Crippen molar-refractivity contribution in [3.05, 3.63) is 0 Å². The van der Waals surface area contributed by atoms with Crippen molar-refractivity contribution in [1.82, 2.24) is 20.9 Å². The molecule has 0 aromatic heterocycles. The fraction of sp³-hybridized carbons (Fsp3) is 0.824. The van der Waals surface area contributed by atoms with Crippen LogP contribution in [0.25, 0.3) is 0 Å². The second kappa shape index (κ2) is 12.3. The summed E-state index contributed by atoms with van der Waals surface area (Å²) >= 11 is 0. The minimum atomic E-state index is -0.0108. The molecule has 1 aliphatic rings. The van der Waals surface area contributed by atoms with E-state index >= 15 is 0 Å². The van der Waals surface area contributed by atoms with Gasteiger partial charge in [0.25, 0.3) is 0 Å². The van der Waals surface area contributed by atoms with E-state index in [1.165, 1.54) is 0 Å². The van der Waals surface area contributed by atoms with Crippen LogP contribution in [-0.4, -0.2) is 61.4 Å². The Bertz CT molecular complexity index is 454. The van der Waals surface area contributed by atoms with Crippen LogP contribution in [0.2, 0.25) is 0 Å². The van der Waals surface area contributed by atoms with E-state index in [0.29, 0.717) is 19.6 Å². The van der Waals surface area contributed by atoms with E-state index in [1.54, 1.807) is 0 Å². The zero-order valence-electron chi connectivity index (χ0n) is 16.1. The van der Waals surface area contributed by atoms with Crippen LogP contribution in [0.4, 0.5) is 0 Å². The van der Waals surface area contributed by atoms with Gasteiger partial charge < -0.3 is 20.9 Å². The normalized spacial score (nSPS) is 17.5. The summed E-state index contributed by atoms with van der Waals surface area (Å²) in [7, 11) is 0. The molecule has 25 heavy (non-hydrogen) atoms. The molecule has 8 heteroatoms. The van der Waals surface area contributed by atoms with Crippen molar-refractivity contribution in [2.45, 2.75) is 47.1 Å². The number of hydrogen-bond acceptors (Lipinski definition) is 3. The summed E-state index contributed by atoms with van der Waals surface area (Å²) in [6.07, 6.45) is 0.924. The molecule has 1 unspecified atom stereocenters. The first-order valence-electron chi connectivity index (χ1n) is 8.96. The number of hydrogen-bond donors (Lipinski definition) is 3. The number of rotatable bonds is 7. The Morgan fingerprint density at radius 2 is 1.84 bits per heavy atom. The summed E-state index contributed by atoms with van der Waals surface area (Å²) in [5, 5.41) is 9.45. The average molecular weight is 467 g/mol. The lowest BCUT2D eigenvalue weighted by Crippen LogP contribution is -2.45. The molecule has 1 fully saturated rings. The molecule has 0 bridgehead atoms. The zero-order valence-corrected chi connectivity index (χ0v) is 18.4. The maximum atomic E-state index is 12.0. The molecule has 0 spiro atoms. The molecule has 0 radical (unpaired) electrons. The predicted molar refractivity (Wildman–Crippen MR) is 112 cm³/mol. The van der Waals surface area contributed by atoms with Gasteiger partial charge in [-0.15, -0.1) is 24.0 Å². The van der Waals surface area contributed by atoms with Gasteiger partial charge >= 0.3 is 0 Å². The predicted octanol–water partition coefficient (Wildman–Crippen LogP) is 1.19. The molecule has 1 aliphatic heterocycles. The minimum Gasteiger partial charge on any atom is -0.357 e. The third-order valence-corrected chi connectivity index (χ3v) is 3.88. The van der Waals surface area contributed by atoms with Gasteiger partial charge in [0, 0.05) is 44.1 Å². The van der Waals surface area contributed by atoms with E-state index in [4.69, 9.17) is 0 Å². The van der Waals surface area contributed by atoms with Crippen LogP contribution in [0, 0.1) is 11.8 Å². The van der Waals surface area contributed by atoms with Crippen molar-refractivity contribution in [3.8, 4) is 0 Å². The molecule has 0 aromatic rings. The van der Waals surface area contributed by atoms with E-state index in [2.05, 4.69) is 20.9 Å². The van der Waals surface area contributed by atoms with Gasteiger partial charge in [-0.25, -0.2) is 0 Å². The van der Waals surface area contributed by atoms with Crippen LogP contribution in [0.1, 0.15) is 41.0 Å². The Labute approximate surface area is 168 Å². The summed E-state index contributed by atoms with van der Waals surface area (Å²) in [4.78, 5) is 30.0. The summed E-state index contributed by atoms with van der Waals surface area (Å²) in [5.41, 5.74) is 0. The molecule has 1 atom stereocenters. The molecule has 3 N–H and O–H groups in total. The number of likely N-dealkylation sites (tertiary alicyclic amines) is 1. The van der Waals surface area contributed by atoms with Crippen molar-refractivity contribution in [2.24, 2.45) is 16.8 Å². The van der Waals surface area contributed by atoms with E-state index in [0.717, 1.165) is 25.5 Å². The van der Waals surface area contributed by atoms with Crippen LogP contribution in [0.15, 0.2) is 4.99 Å². The van der Waals surface area contributed by atoms with Gasteiger partial charge in [0.1, 0.15) is 0 Å². The molecule has 0 aromatic carbocycles. The summed E-state index contributed by atoms with van der Waals surface area (Å²) in [5.74, 6) is 1.01. The Kier molecular flexibility index (Phi) is 11.8. The van der Waals surface area contributed by atoms with Gasteiger partial charge in [-0.2, -0.15) is 0 Å². The molecule has 1 heterocycles. The van der Waals surface area contributed by atoms with Gasteiger partial charge in [-0.3, -0.25) is 14.6 Å². The van der Waals surface area contributed by atoms with Crippen molar-refractivity contribution < 1.29 is 9.59 Å². The van der Waals surface area contributed by atoms with Gasteiger partial charge in [-0.1, -0.05) is 27.7 Å². The quantitative estimate of drug-likeness (QED) is 0.227. The van der Waals surface area contributed by atoms with E-state index in [9.17, 15) is 9.59 Å². The SMILES string of the molecule is CCNC(=NCCNC(=O)C(C)C)NC1CCN(C(=O)C(C)C)C1.I. The first-order valence-corrected chi connectivity index (χ1v) is 8.96. The van der Waals surface area contributed by atoms with Gasteiger partial charge in [-0.05, 0) is 13.3 Å². The molecule has 146 valence electrons. The second-order valence-electron chi connectivity index (χ2n) is 6.78. The Morgan fingerprint density at radius 1 is 1.16 bits per heavy atom. The van der Waals surface area contributed by atoms with Gasteiger partial charge in [0.15, 0.2) is 5.96 Å². The van der Waals surface area contributed by atoms with Gasteiger partial charge in [0.2, 0.25) is 11.8 Å². The van der Waals surface area contributed by atoms with E-state index in [-0.39, 0.29) is 53.7 Å². The molecule has 2 amide bonds. The standard InChI is InChI=1S/C17H33N5O2.HI/c1-6-18-17(20-9-8-19-15(23)12(2)3)21-14-7-10-22(11-14)16(24)13(4)5;/h12-14H,6-11H2,1-5H3,(H,19,23)(H2,18,20,21);1H. The van der Waals surface area contributed by atoms with Crippen LogP contribution < -0.4 is 16.0 Å². The number of carbonyl (C=O) groups is 2. The summed E-state index contributed by atoms with van der Waals surface area (Å²) in [6, 6.07) is 0.218. The lowest BCUT2D eigenvalue weighted by atomic mass is 10.2. The highest BCUT2D eigenvalue weighted by Crippen LogP contribution is 2.12. The van der Waals surface area contributed by atoms with E-state index < -0.39 is 0 Å². The third kappa shape index (κ3) is 8.73. The lowest BCUT2D eigenvalue weighted by Gasteiger charge is -2.20. The molecule has 0 saturated carbocycles. The lowest BCUT2D eigenvalue weighted by molar-refractivity contribution is -0.133. The number of aliphatic imine (C=N–C) groups is 1. The van der Waals surface area contributed by atoms with E-state index in [1.807, 2.05) is 39.5 Å². The first kappa shape index (κ1) is 23.9. The summed E-state index contributed by atoms with van der Waals surface area (Å²) < 4.78 is 0. The van der Waals surface area contributed by atoms with Crippen LogP contribution in [0.3, 0.4) is 0 Å². The van der Waals surface area contributed by atoms with Crippen molar-refractivity contribution in [1.29, 1.82) is 0 Å². The number of amides is 2. The van der Waals surface area contributed by atoms with Crippen molar-refractivity contribution in [3.63, 3.8) is 0 Å². The largest absolute Gasteiger partial charge is 0.357 e. The maximum absolute atomic E-state index is 12.0. The molecule has 1 saturated heterocycles. The fourth-order valence-electron chi connectivity index (χ4n) is 2.51. The smallest absolute Gasteiger partial charge is 0.225 e. The monoisotopic (exact) mass is 467 g/mol. The first-order chi connectivity index (χ1) is 11.3. The Hall–Kier alpha value is -1.06. The summed E-state index contributed by atoms with van der Waals surface area (Å²) in [6.45, 7) is 12.9. The highest BCUT2D eigenvalue weighted by atomic mass is 127. The third-order valence-electron chi connectivity index (χ3n) is 3.88. The second-order valence-corrected chi connectivity index (χ2v) is 6.78. The van der Waals surface area contributed by atoms with Crippen LogP contribution in [-0.2, 0) is 9.59 Å². The fourth-order valence-corrected chi connectivity index (χ4v) is 2.51. The van der Waals surface area contributed by atoms with Crippen molar-refractivity contribution in [2.75, 3.05) is 32.7 Å². The number of halogens is 1. The minimum absolute atomic E-state index is 0. The van der Waals surface area contributed by atoms with Gasteiger partial charge in [0.05, 0.1) is 6.54 Å². The molecule has 0 aliphatic carbocycles. The molecular weight excluding hydrogens is 433 g/mol.